The summed E-state index contributed by atoms with van der Waals surface area (Å²) in [7, 11) is 0. The molecule has 0 spiro atoms. The van der Waals surface area contributed by atoms with Gasteiger partial charge in [-0.3, -0.25) is 4.79 Å². The molecule has 0 aromatic rings. The lowest BCUT2D eigenvalue weighted by Crippen LogP contribution is -2.39. The largest absolute Gasteiger partial charge is 0.481 e. The third kappa shape index (κ3) is 11.7. The predicted molar refractivity (Wildman–Crippen MR) is 92.3 cm³/mol. The molecule has 0 unspecified atom stereocenters. The van der Waals surface area contributed by atoms with Gasteiger partial charge in [-0.1, -0.05) is 39.8 Å². The summed E-state index contributed by atoms with van der Waals surface area (Å²) in [6.07, 6.45) is 4.29. The minimum Gasteiger partial charge on any atom is -0.481 e. The van der Waals surface area contributed by atoms with Crippen LogP contribution in [0, 0.1) is 17.8 Å². The van der Waals surface area contributed by atoms with Crippen LogP contribution >= 0.6 is 0 Å². The van der Waals surface area contributed by atoms with E-state index in [9.17, 15) is 14.7 Å². The van der Waals surface area contributed by atoms with Crippen LogP contribution in [0.3, 0.4) is 0 Å². The van der Waals surface area contributed by atoms with Crippen LogP contribution in [0.1, 0.15) is 61.3 Å². The van der Waals surface area contributed by atoms with Gasteiger partial charge in [0.2, 0.25) is 0 Å². The summed E-state index contributed by atoms with van der Waals surface area (Å²) >= 11 is 0. The summed E-state index contributed by atoms with van der Waals surface area (Å²) in [6.45, 7) is 13.5. The molecule has 23 heavy (non-hydrogen) atoms. The van der Waals surface area contributed by atoms with Crippen molar-refractivity contribution in [3.63, 3.8) is 0 Å². The molecule has 0 rings (SSSR count). The molecule has 2 N–H and O–H groups in total. The van der Waals surface area contributed by atoms with Crippen molar-refractivity contribution >= 4 is 12.1 Å². The van der Waals surface area contributed by atoms with E-state index < -0.39 is 23.6 Å². The Hall–Kier alpha value is -1.52. The van der Waals surface area contributed by atoms with Gasteiger partial charge in [0.05, 0.1) is 12.0 Å². The van der Waals surface area contributed by atoms with Gasteiger partial charge < -0.3 is 15.2 Å². The Kier molecular flexibility index (Phi) is 8.95. The number of ether oxygens (including phenoxy) is 1. The summed E-state index contributed by atoms with van der Waals surface area (Å²) in [4.78, 5) is 23.2. The lowest BCUT2D eigenvalue weighted by atomic mass is 9.95. The van der Waals surface area contributed by atoms with Gasteiger partial charge in [-0.05, 0) is 45.4 Å². The van der Waals surface area contributed by atoms with E-state index >= 15 is 0 Å². The maximum absolute atomic E-state index is 11.9. The van der Waals surface area contributed by atoms with Crippen LogP contribution in [-0.2, 0) is 9.53 Å². The smallest absolute Gasteiger partial charge is 0.408 e. The lowest BCUT2D eigenvalue weighted by Gasteiger charge is -2.23. The highest BCUT2D eigenvalue weighted by molar-refractivity contribution is 5.72. The van der Waals surface area contributed by atoms with Crippen LogP contribution in [0.25, 0.3) is 0 Å². The van der Waals surface area contributed by atoms with Gasteiger partial charge in [0.1, 0.15) is 5.60 Å². The standard InChI is InChI=1S/C18H33NO4/c1-12(2)10-14(16(20)21)8-9-15(11-13(3)4)19-17(22)23-18(5,6)7/h8-9,12-15H,10-11H2,1-7H3,(H,19,22)(H,20,21)/b9-8+/t14-,15+/m0/s1. The molecule has 0 heterocycles. The molecule has 0 saturated carbocycles. The van der Waals surface area contributed by atoms with Crippen molar-refractivity contribution in [3.8, 4) is 0 Å². The van der Waals surface area contributed by atoms with Crippen LogP contribution in [0.2, 0.25) is 0 Å². The van der Waals surface area contributed by atoms with E-state index in [1.165, 1.54) is 0 Å². The Labute approximate surface area is 140 Å². The van der Waals surface area contributed by atoms with Gasteiger partial charge in [-0.25, -0.2) is 4.79 Å². The van der Waals surface area contributed by atoms with Crippen LogP contribution < -0.4 is 5.32 Å². The summed E-state index contributed by atoms with van der Waals surface area (Å²) < 4.78 is 5.27. The van der Waals surface area contributed by atoms with Crippen LogP contribution in [0.5, 0.6) is 0 Å². The molecular formula is C18H33NO4. The first-order valence-corrected chi connectivity index (χ1v) is 8.31. The molecule has 0 radical (unpaired) electrons. The predicted octanol–water partition coefficient (Wildman–Crippen LogP) is 4.23. The molecular weight excluding hydrogens is 294 g/mol. The molecule has 2 atom stereocenters. The number of hydrogen-bond acceptors (Lipinski definition) is 3. The quantitative estimate of drug-likeness (QED) is 0.654. The summed E-state index contributed by atoms with van der Waals surface area (Å²) in [6, 6.07) is -0.237. The fourth-order valence-corrected chi connectivity index (χ4v) is 2.19. The molecule has 0 aromatic carbocycles. The normalized spacial score (nSPS) is 15.0. The highest BCUT2D eigenvalue weighted by Gasteiger charge is 2.20. The number of rotatable bonds is 8. The third-order valence-corrected chi connectivity index (χ3v) is 3.05. The van der Waals surface area contributed by atoms with Gasteiger partial charge >= 0.3 is 12.1 Å². The van der Waals surface area contributed by atoms with Gasteiger partial charge in [-0.2, -0.15) is 0 Å². The molecule has 0 aliphatic carbocycles. The van der Waals surface area contributed by atoms with Gasteiger partial charge in [-0.15, -0.1) is 0 Å². The van der Waals surface area contributed by atoms with Crippen molar-refractivity contribution in [1.82, 2.24) is 5.32 Å². The second-order valence-electron chi connectivity index (χ2n) is 7.84. The fourth-order valence-electron chi connectivity index (χ4n) is 2.19. The second kappa shape index (κ2) is 9.58. The minimum atomic E-state index is -0.837. The van der Waals surface area contributed by atoms with Crippen LogP contribution in [-0.4, -0.2) is 28.8 Å². The Bertz CT molecular complexity index is 408. The molecule has 5 heteroatoms. The Morgan fingerprint density at radius 1 is 1.04 bits per heavy atom. The zero-order chi connectivity index (χ0) is 18.2. The first-order valence-electron chi connectivity index (χ1n) is 8.31. The molecule has 134 valence electrons. The van der Waals surface area contributed by atoms with E-state index in [4.69, 9.17) is 4.74 Å². The Morgan fingerprint density at radius 2 is 1.57 bits per heavy atom. The fraction of sp³-hybridized carbons (Fsp3) is 0.778. The Morgan fingerprint density at radius 3 is 1.96 bits per heavy atom. The summed E-state index contributed by atoms with van der Waals surface area (Å²) in [5.74, 6) is -0.711. The number of carboxylic acids is 1. The molecule has 0 saturated heterocycles. The van der Waals surface area contributed by atoms with Gasteiger partial charge in [0, 0.05) is 0 Å². The summed E-state index contributed by atoms with van der Waals surface area (Å²) in [5, 5.41) is 12.1. The average Bonchev–Trinajstić information content (AvgIpc) is 2.29. The number of alkyl carbamates (subject to hydrolysis) is 1. The second-order valence-corrected chi connectivity index (χ2v) is 7.84. The average molecular weight is 327 g/mol. The number of amides is 1. The molecule has 0 aliphatic heterocycles. The molecule has 0 aromatic heterocycles. The zero-order valence-electron chi connectivity index (χ0n) is 15.6. The van der Waals surface area contributed by atoms with Crippen molar-refractivity contribution in [2.45, 2.75) is 73.0 Å². The number of hydrogen-bond donors (Lipinski definition) is 2. The van der Waals surface area contributed by atoms with E-state index in [1.807, 2.05) is 34.6 Å². The molecule has 0 bridgehead atoms. The lowest BCUT2D eigenvalue weighted by molar-refractivity contribution is -0.140. The van der Waals surface area contributed by atoms with Crippen LogP contribution in [0.4, 0.5) is 4.79 Å². The third-order valence-electron chi connectivity index (χ3n) is 3.05. The molecule has 5 nitrogen and oxygen atoms in total. The monoisotopic (exact) mass is 327 g/mol. The molecule has 0 aliphatic rings. The maximum atomic E-state index is 11.9. The van der Waals surface area contributed by atoms with E-state index in [1.54, 1.807) is 12.2 Å². The van der Waals surface area contributed by atoms with E-state index in [0.717, 1.165) is 6.42 Å². The van der Waals surface area contributed by atoms with E-state index in [-0.39, 0.29) is 6.04 Å². The van der Waals surface area contributed by atoms with Crippen molar-refractivity contribution in [2.75, 3.05) is 0 Å². The van der Waals surface area contributed by atoms with E-state index in [2.05, 4.69) is 19.2 Å². The van der Waals surface area contributed by atoms with Crippen molar-refractivity contribution in [1.29, 1.82) is 0 Å². The highest BCUT2D eigenvalue weighted by atomic mass is 16.6. The van der Waals surface area contributed by atoms with Crippen molar-refractivity contribution in [2.24, 2.45) is 17.8 Å². The van der Waals surface area contributed by atoms with Crippen molar-refractivity contribution < 1.29 is 19.4 Å². The van der Waals surface area contributed by atoms with E-state index in [0.29, 0.717) is 18.3 Å². The zero-order valence-corrected chi connectivity index (χ0v) is 15.6. The molecule has 0 fully saturated rings. The topological polar surface area (TPSA) is 75.6 Å². The van der Waals surface area contributed by atoms with Crippen molar-refractivity contribution in [3.05, 3.63) is 12.2 Å². The molecule has 1 amide bonds. The highest BCUT2D eigenvalue weighted by Crippen LogP contribution is 2.16. The summed E-state index contributed by atoms with van der Waals surface area (Å²) in [5.41, 5.74) is -0.558. The number of nitrogens with one attached hydrogen (secondary N) is 1. The van der Waals surface area contributed by atoms with Gasteiger partial charge in [0.25, 0.3) is 0 Å². The number of aliphatic carboxylic acids is 1. The number of carbonyl (C=O) groups excluding carboxylic acids is 1. The number of carboxylic acid groups (broad SMARTS) is 1. The minimum absolute atomic E-state index is 0.237. The first-order chi connectivity index (χ1) is 10.4. The SMILES string of the molecule is CC(C)C[C@@H](/C=C/[C@@H](CC(C)C)C(=O)O)NC(=O)OC(C)(C)C. The van der Waals surface area contributed by atoms with Gasteiger partial charge in [0.15, 0.2) is 0 Å². The number of carbonyl (C=O) groups is 2. The Balaban J connectivity index is 4.91. The van der Waals surface area contributed by atoms with Crippen LogP contribution in [0.15, 0.2) is 12.2 Å². The maximum Gasteiger partial charge on any atom is 0.408 e. The first kappa shape index (κ1) is 21.5.